The number of allylic oxidation sites excluding steroid dienone is 2. The van der Waals surface area contributed by atoms with Crippen molar-refractivity contribution in [3.05, 3.63) is 23.8 Å². The molecule has 4 heteroatoms. The third-order valence-electron chi connectivity index (χ3n) is 2.63. The molecule has 0 aromatic carbocycles. The van der Waals surface area contributed by atoms with Gasteiger partial charge in [0.15, 0.2) is 5.54 Å². The topological polar surface area (TPSA) is 66.7 Å². The van der Waals surface area contributed by atoms with Gasteiger partial charge in [0, 0.05) is 5.92 Å². The molecule has 0 radical (unpaired) electrons. The maximum atomic E-state index is 11.1. The first kappa shape index (κ1) is 10.4. The van der Waals surface area contributed by atoms with Crippen molar-refractivity contribution in [3.63, 3.8) is 0 Å². The molecule has 0 heterocycles. The van der Waals surface area contributed by atoms with Gasteiger partial charge in [-0.15, -0.1) is 0 Å². The van der Waals surface area contributed by atoms with Crippen LogP contribution in [0.2, 0.25) is 0 Å². The lowest BCUT2D eigenvalue weighted by atomic mass is 9.78. The maximum absolute atomic E-state index is 11.1. The van der Waals surface area contributed by atoms with Crippen molar-refractivity contribution in [3.8, 4) is 0 Å². The molecule has 1 N–H and O–H groups in total. The zero-order valence-electron chi connectivity index (χ0n) is 8.02. The molecule has 0 aromatic rings. The molecule has 1 aliphatic carbocycles. The first-order chi connectivity index (χ1) is 6.54. The maximum Gasteiger partial charge on any atom is 0.337 e. The molecule has 0 aromatic heterocycles. The van der Waals surface area contributed by atoms with Crippen LogP contribution in [0.15, 0.2) is 28.8 Å². The Morgan fingerprint density at radius 1 is 1.71 bits per heavy atom. The fraction of sp³-hybridized carbons (Fsp3) is 0.400. The van der Waals surface area contributed by atoms with Crippen LogP contribution in [0.3, 0.4) is 0 Å². The predicted octanol–water partition coefficient (Wildman–Crippen LogP) is 1.30. The van der Waals surface area contributed by atoms with E-state index in [9.17, 15) is 9.59 Å². The van der Waals surface area contributed by atoms with Gasteiger partial charge >= 0.3 is 5.97 Å². The van der Waals surface area contributed by atoms with Crippen LogP contribution in [-0.2, 0) is 9.59 Å². The number of carboxylic acid groups (broad SMARTS) is 1. The monoisotopic (exact) mass is 193 g/mol. The van der Waals surface area contributed by atoms with Gasteiger partial charge in [-0.2, -0.15) is 4.99 Å². The number of hydrogen-bond donors (Lipinski definition) is 1. The van der Waals surface area contributed by atoms with E-state index in [1.54, 1.807) is 13.0 Å². The lowest BCUT2D eigenvalue weighted by Crippen LogP contribution is -2.42. The minimum atomic E-state index is -1.47. The van der Waals surface area contributed by atoms with Crippen LogP contribution >= 0.6 is 0 Å². The number of nitrogens with zero attached hydrogens (tertiary/aromatic N) is 1. The Balaban J connectivity index is 3.25. The van der Waals surface area contributed by atoms with Crippen LogP contribution in [0, 0.1) is 5.92 Å². The number of carbonyl (C=O) groups is 1. The second-order valence-electron chi connectivity index (χ2n) is 3.33. The molecule has 2 atom stereocenters. The number of carbonyl (C=O) groups excluding carboxylic acids is 1. The quantitative estimate of drug-likeness (QED) is 0.531. The van der Waals surface area contributed by atoms with Crippen molar-refractivity contribution in [2.75, 3.05) is 0 Å². The number of carboxylic acids is 1. The molecule has 4 nitrogen and oxygen atoms in total. The number of aliphatic carboxylic acids is 1. The normalized spacial score (nSPS) is 30.4. The summed E-state index contributed by atoms with van der Waals surface area (Å²) in [5, 5.41) is 9.06. The largest absolute Gasteiger partial charge is 0.479 e. The molecular weight excluding hydrogens is 182 g/mol. The lowest BCUT2D eigenvalue weighted by molar-refractivity contribution is -0.142. The van der Waals surface area contributed by atoms with Gasteiger partial charge in [0.2, 0.25) is 6.08 Å². The van der Waals surface area contributed by atoms with Crippen LogP contribution in [0.5, 0.6) is 0 Å². The Hall–Kier alpha value is -1.67. The van der Waals surface area contributed by atoms with Gasteiger partial charge in [-0.3, -0.25) is 0 Å². The van der Waals surface area contributed by atoms with Crippen LogP contribution in [0.25, 0.3) is 0 Å². The van der Waals surface area contributed by atoms with Gasteiger partial charge in [0.25, 0.3) is 0 Å². The summed E-state index contributed by atoms with van der Waals surface area (Å²) in [4.78, 5) is 24.7. The molecule has 14 heavy (non-hydrogen) atoms. The first-order valence-corrected chi connectivity index (χ1v) is 4.23. The van der Waals surface area contributed by atoms with Gasteiger partial charge in [-0.1, -0.05) is 24.6 Å². The number of aliphatic imine (C=N–C) groups is 1. The zero-order chi connectivity index (χ0) is 10.8. The molecule has 0 saturated heterocycles. The van der Waals surface area contributed by atoms with Gasteiger partial charge in [-0.25, -0.2) is 9.59 Å². The van der Waals surface area contributed by atoms with Crippen LogP contribution in [-0.4, -0.2) is 22.7 Å². The smallest absolute Gasteiger partial charge is 0.337 e. The predicted molar refractivity (Wildman–Crippen MR) is 50.5 cm³/mol. The molecule has 2 unspecified atom stereocenters. The molecule has 1 aliphatic rings. The highest BCUT2D eigenvalue weighted by molar-refractivity contribution is 5.84. The first-order valence-electron chi connectivity index (χ1n) is 4.23. The van der Waals surface area contributed by atoms with Crippen molar-refractivity contribution in [1.29, 1.82) is 0 Å². The summed E-state index contributed by atoms with van der Waals surface area (Å²) in [6.45, 7) is 3.54. The minimum Gasteiger partial charge on any atom is -0.479 e. The molecule has 0 saturated carbocycles. The van der Waals surface area contributed by atoms with Crippen LogP contribution in [0.4, 0.5) is 0 Å². The van der Waals surface area contributed by atoms with Crippen molar-refractivity contribution in [1.82, 2.24) is 0 Å². The summed E-state index contributed by atoms with van der Waals surface area (Å²) in [6.07, 6.45) is 6.15. The van der Waals surface area contributed by atoms with Gasteiger partial charge in [0.1, 0.15) is 0 Å². The molecule has 74 valence electrons. The minimum absolute atomic E-state index is 0.327. The van der Waals surface area contributed by atoms with E-state index in [0.717, 1.165) is 5.57 Å². The van der Waals surface area contributed by atoms with Crippen molar-refractivity contribution < 1.29 is 14.7 Å². The highest BCUT2D eigenvalue weighted by atomic mass is 16.4. The molecule has 0 spiro atoms. The van der Waals surface area contributed by atoms with E-state index in [-0.39, 0.29) is 5.92 Å². The molecule has 0 amide bonds. The Morgan fingerprint density at radius 2 is 2.36 bits per heavy atom. The summed E-state index contributed by atoms with van der Waals surface area (Å²) in [6, 6.07) is 0. The summed E-state index contributed by atoms with van der Waals surface area (Å²) >= 11 is 0. The number of isocyanates is 1. The summed E-state index contributed by atoms with van der Waals surface area (Å²) in [5.74, 6) is -1.46. The van der Waals surface area contributed by atoms with Crippen LogP contribution in [0.1, 0.15) is 13.8 Å². The molecule has 1 rings (SSSR count). The van der Waals surface area contributed by atoms with Gasteiger partial charge in [-0.05, 0) is 13.0 Å². The highest BCUT2D eigenvalue weighted by Crippen LogP contribution is 2.32. The second kappa shape index (κ2) is 3.60. The van der Waals surface area contributed by atoms with Gasteiger partial charge in [0.05, 0.1) is 0 Å². The van der Waals surface area contributed by atoms with E-state index in [1.807, 2.05) is 13.0 Å². The molecule has 0 fully saturated rings. The molecular formula is C10H11NO3. The van der Waals surface area contributed by atoms with Gasteiger partial charge < -0.3 is 5.11 Å². The van der Waals surface area contributed by atoms with Crippen LogP contribution < -0.4 is 0 Å². The SMILES string of the molecule is CC1=CC=CC(N=C=O)(C(=O)O)C1C. The van der Waals surface area contributed by atoms with Crippen molar-refractivity contribution in [2.45, 2.75) is 19.4 Å². The third-order valence-corrected chi connectivity index (χ3v) is 2.63. The second-order valence-corrected chi connectivity index (χ2v) is 3.33. The summed E-state index contributed by atoms with van der Waals surface area (Å²) in [5.41, 5.74) is -0.588. The van der Waals surface area contributed by atoms with E-state index in [0.29, 0.717) is 0 Å². The average molecular weight is 193 g/mol. The molecule has 0 aliphatic heterocycles. The summed E-state index contributed by atoms with van der Waals surface area (Å²) in [7, 11) is 0. The molecule has 0 bridgehead atoms. The van der Waals surface area contributed by atoms with Crippen molar-refractivity contribution in [2.24, 2.45) is 10.9 Å². The lowest BCUT2D eigenvalue weighted by Gasteiger charge is -2.29. The van der Waals surface area contributed by atoms with E-state index in [1.165, 1.54) is 12.2 Å². The Bertz CT molecular complexity index is 360. The third kappa shape index (κ3) is 1.40. The van der Waals surface area contributed by atoms with E-state index < -0.39 is 11.5 Å². The van der Waals surface area contributed by atoms with E-state index >= 15 is 0 Å². The number of rotatable bonds is 2. The fourth-order valence-corrected chi connectivity index (χ4v) is 1.50. The Labute approximate surface area is 81.7 Å². The average Bonchev–Trinajstić information content (AvgIpc) is 2.13. The standard InChI is InChI=1S/C10H11NO3/c1-7-4-3-5-10(8(7)2,9(13)14)11-6-12/h3-5,8H,1-2H3,(H,13,14). The van der Waals surface area contributed by atoms with Crippen molar-refractivity contribution >= 4 is 12.0 Å². The summed E-state index contributed by atoms with van der Waals surface area (Å²) < 4.78 is 0. The number of hydrogen-bond acceptors (Lipinski definition) is 3. The fourth-order valence-electron chi connectivity index (χ4n) is 1.50. The Kier molecular flexibility index (Phi) is 2.68. The van der Waals surface area contributed by atoms with E-state index in [4.69, 9.17) is 5.11 Å². The zero-order valence-corrected chi connectivity index (χ0v) is 8.02. The highest BCUT2D eigenvalue weighted by Gasteiger charge is 2.43. The Morgan fingerprint density at radius 3 is 2.86 bits per heavy atom. The van der Waals surface area contributed by atoms with E-state index in [2.05, 4.69) is 4.99 Å².